The van der Waals surface area contributed by atoms with E-state index < -0.39 is 0 Å². The molecule has 3 aromatic rings. The molecule has 0 aliphatic carbocycles. The van der Waals surface area contributed by atoms with E-state index in [2.05, 4.69) is 37.2 Å². The highest BCUT2D eigenvalue weighted by Gasteiger charge is 2.05. The van der Waals surface area contributed by atoms with E-state index in [-0.39, 0.29) is 0 Å². The largest absolute Gasteiger partial charge is 0.487 e. The molecule has 0 aromatic heterocycles. The molecule has 0 amide bonds. The Balaban J connectivity index is 1.59. The lowest BCUT2D eigenvalue weighted by Gasteiger charge is -2.11. The van der Waals surface area contributed by atoms with Crippen LogP contribution in [0.25, 0.3) is 0 Å². The van der Waals surface area contributed by atoms with E-state index in [1.54, 1.807) is 0 Å². The Morgan fingerprint density at radius 2 is 1.54 bits per heavy atom. The van der Waals surface area contributed by atoms with Gasteiger partial charge in [-0.15, -0.1) is 0 Å². The lowest BCUT2D eigenvalue weighted by molar-refractivity contribution is 0.306. The van der Waals surface area contributed by atoms with E-state index in [1.807, 2.05) is 60.7 Å². The van der Waals surface area contributed by atoms with Crippen molar-refractivity contribution < 1.29 is 4.74 Å². The average molecular weight is 516 g/mol. The summed E-state index contributed by atoms with van der Waals surface area (Å²) >= 11 is 19.3. The standard InChI is InChI=1S/C20H15Br2Cl2NO/c21-15-4-1-13(2-5-15)12-26-20-8-3-14(9-19(20)24)11-25-16-6-7-17(22)18(23)10-16/h1-10,25H,11-12H2. The van der Waals surface area contributed by atoms with Gasteiger partial charge >= 0.3 is 0 Å². The summed E-state index contributed by atoms with van der Waals surface area (Å²) < 4.78 is 7.74. The van der Waals surface area contributed by atoms with Crippen LogP contribution in [0.15, 0.2) is 69.6 Å². The summed E-state index contributed by atoms with van der Waals surface area (Å²) in [5.41, 5.74) is 3.09. The van der Waals surface area contributed by atoms with Gasteiger partial charge in [0.2, 0.25) is 0 Å². The van der Waals surface area contributed by atoms with Crippen LogP contribution in [0.2, 0.25) is 10.0 Å². The predicted molar refractivity (Wildman–Crippen MR) is 116 cm³/mol. The van der Waals surface area contributed by atoms with Gasteiger partial charge in [0.15, 0.2) is 0 Å². The summed E-state index contributed by atoms with van der Waals surface area (Å²) in [6.07, 6.45) is 0. The van der Waals surface area contributed by atoms with Crippen LogP contribution in [0.5, 0.6) is 5.75 Å². The third kappa shape index (κ3) is 5.40. The molecule has 0 aliphatic heterocycles. The van der Waals surface area contributed by atoms with Crippen LogP contribution in [0, 0.1) is 0 Å². The van der Waals surface area contributed by atoms with Gasteiger partial charge in [0.25, 0.3) is 0 Å². The highest BCUT2D eigenvalue weighted by molar-refractivity contribution is 9.10. The molecule has 0 atom stereocenters. The first kappa shape index (κ1) is 19.6. The van der Waals surface area contributed by atoms with Gasteiger partial charge in [-0.2, -0.15) is 0 Å². The van der Waals surface area contributed by atoms with Crippen LogP contribution in [0.1, 0.15) is 11.1 Å². The lowest BCUT2D eigenvalue weighted by atomic mass is 10.2. The Morgan fingerprint density at radius 3 is 2.23 bits per heavy atom. The van der Waals surface area contributed by atoms with Gasteiger partial charge in [0.1, 0.15) is 12.4 Å². The molecule has 0 aliphatic rings. The van der Waals surface area contributed by atoms with Crippen molar-refractivity contribution in [1.29, 1.82) is 0 Å². The minimum Gasteiger partial charge on any atom is -0.487 e. The summed E-state index contributed by atoms with van der Waals surface area (Å²) in [7, 11) is 0. The number of ether oxygens (including phenoxy) is 1. The Kier molecular flexibility index (Phi) is 6.87. The Hall–Kier alpha value is -1.20. The molecule has 2 nitrogen and oxygen atoms in total. The summed E-state index contributed by atoms with van der Waals surface area (Å²) in [4.78, 5) is 0. The van der Waals surface area contributed by atoms with Gasteiger partial charge in [-0.3, -0.25) is 0 Å². The van der Waals surface area contributed by atoms with Crippen molar-refractivity contribution in [3.05, 3.63) is 90.8 Å². The number of hydrogen-bond donors (Lipinski definition) is 1. The number of hydrogen-bond acceptors (Lipinski definition) is 2. The highest BCUT2D eigenvalue weighted by atomic mass is 79.9. The van der Waals surface area contributed by atoms with Gasteiger partial charge in [-0.25, -0.2) is 0 Å². The van der Waals surface area contributed by atoms with Crippen molar-refractivity contribution in [2.75, 3.05) is 5.32 Å². The number of rotatable bonds is 6. The number of nitrogens with one attached hydrogen (secondary N) is 1. The molecule has 0 radical (unpaired) electrons. The number of halogens is 4. The smallest absolute Gasteiger partial charge is 0.138 e. The molecular formula is C20H15Br2Cl2NO. The molecule has 1 N–H and O–H groups in total. The van der Waals surface area contributed by atoms with Crippen molar-refractivity contribution in [2.24, 2.45) is 0 Å². The third-order valence-corrected chi connectivity index (χ3v) is 5.78. The van der Waals surface area contributed by atoms with Gasteiger partial charge < -0.3 is 10.1 Å². The van der Waals surface area contributed by atoms with Crippen molar-refractivity contribution in [3.63, 3.8) is 0 Å². The van der Waals surface area contributed by atoms with Crippen molar-refractivity contribution in [1.82, 2.24) is 0 Å². The van der Waals surface area contributed by atoms with Crippen molar-refractivity contribution in [3.8, 4) is 5.75 Å². The Labute approximate surface area is 179 Å². The van der Waals surface area contributed by atoms with E-state index in [0.29, 0.717) is 28.9 Å². The molecular weight excluding hydrogens is 501 g/mol. The first-order valence-corrected chi connectivity index (χ1v) is 10.2. The fourth-order valence-electron chi connectivity index (χ4n) is 2.32. The van der Waals surface area contributed by atoms with Crippen LogP contribution in [-0.2, 0) is 13.2 Å². The zero-order valence-electron chi connectivity index (χ0n) is 13.6. The summed E-state index contributed by atoms with van der Waals surface area (Å²) in [5, 5.41) is 4.59. The molecule has 3 aromatic carbocycles. The molecule has 0 saturated heterocycles. The normalized spacial score (nSPS) is 10.6. The molecule has 26 heavy (non-hydrogen) atoms. The molecule has 134 valence electrons. The van der Waals surface area contributed by atoms with Gasteiger partial charge in [-0.1, -0.05) is 57.3 Å². The van der Waals surface area contributed by atoms with Gasteiger partial charge in [0, 0.05) is 21.2 Å². The summed E-state index contributed by atoms with van der Waals surface area (Å²) in [6, 6.07) is 19.6. The quantitative estimate of drug-likeness (QED) is 0.363. The van der Waals surface area contributed by atoms with Crippen LogP contribution >= 0.6 is 55.1 Å². The molecule has 0 bridgehead atoms. The molecule has 6 heteroatoms. The maximum atomic E-state index is 6.36. The van der Waals surface area contributed by atoms with E-state index in [1.165, 1.54) is 0 Å². The van der Waals surface area contributed by atoms with Gasteiger partial charge in [-0.05, 0) is 69.5 Å². The Bertz CT molecular complexity index is 901. The third-order valence-electron chi connectivity index (χ3n) is 3.72. The average Bonchev–Trinajstić information content (AvgIpc) is 2.63. The van der Waals surface area contributed by atoms with Crippen LogP contribution in [0.3, 0.4) is 0 Å². The maximum Gasteiger partial charge on any atom is 0.138 e. The lowest BCUT2D eigenvalue weighted by Crippen LogP contribution is -2.00. The van der Waals surface area contributed by atoms with E-state index >= 15 is 0 Å². The second kappa shape index (κ2) is 9.14. The van der Waals surface area contributed by atoms with E-state index in [9.17, 15) is 0 Å². The second-order valence-corrected chi connectivity index (χ2v) is 8.25. The van der Waals surface area contributed by atoms with Crippen LogP contribution in [-0.4, -0.2) is 0 Å². The fourth-order valence-corrected chi connectivity index (χ4v) is 3.27. The van der Waals surface area contributed by atoms with Crippen molar-refractivity contribution in [2.45, 2.75) is 13.2 Å². The van der Waals surface area contributed by atoms with E-state index in [4.69, 9.17) is 27.9 Å². The molecule has 0 unspecified atom stereocenters. The van der Waals surface area contributed by atoms with Crippen LogP contribution < -0.4 is 10.1 Å². The summed E-state index contributed by atoms with van der Waals surface area (Å²) in [6.45, 7) is 1.12. The Morgan fingerprint density at radius 1 is 0.808 bits per heavy atom. The number of anilines is 1. The van der Waals surface area contributed by atoms with E-state index in [0.717, 1.165) is 25.8 Å². The fraction of sp³-hybridized carbons (Fsp3) is 0.100. The van der Waals surface area contributed by atoms with Crippen molar-refractivity contribution >= 4 is 60.7 Å². The van der Waals surface area contributed by atoms with Gasteiger partial charge in [0.05, 0.1) is 10.0 Å². The molecule has 0 spiro atoms. The molecule has 0 heterocycles. The number of benzene rings is 3. The first-order valence-electron chi connectivity index (χ1n) is 7.86. The second-order valence-electron chi connectivity index (χ2n) is 5.66. The minimum atomic E-state index is 0.474. The monoisotopic (exact) mass is 513 g/mol. The SMILES string of the molecule is Clc1cc(NCc2ccc(OCc3ccc(Br)cc3)c(Cl)c2)ccc1Br. The minimum absolute atomic E-state index is 0.474. The maximum absolute atomic E-state index is 6.36. The molecule has 0 saturated carbocycles. The molecule has 3 rings (SSSR count). The zero-order chi connectivity index (χ0) is 18.5. The topological polar surface area (TPSA) is 21.3 Å². The zero-order valence-corrected chi connectivity index (χ0v) is 18.3. The van der Waals surface area contributed by atoms with Crippen LogP contribution in [0.4, 0.5) is 5.69 Å². The predicted octanol–water partition coefficient (Wildman–Crippen LogP) is 7.71. The first-order chi connectivity index (χ1) is 12.5. The molecule has 0 fully saturated rings. The highest BCUT2D eigenvalue weighted by Crippen LogP contribution is 2.28. The summed E-state index contributed by atoms with van der Waals surface area (Å²) in [5.74, 6) is 0.671.